The van der Waals surface area contributed by atoms with Crippen molar-refractivity contribution in [3.63, 3.8) is 0 Å². The van der Waals surface area contributed by atoms with Crippen molar-refractivity contribution in [3.05, 3.63) is 77.4 Å². The lowest BCUT2D eigenvalue weighted by Gasteiger charge is -2.06. The molecule has 0 aliphatic rings. The van der Waals surface area contributed by atoms with E-state index in [4.69, 9.17) is 0 Å². The Bertz CT molecular complexity index is 856. The Morgan fingerprint density at radius 3 is 2.57 bits per heavy atom. The van der Waals surface area contributed by atoms with Gasteiger partial charge in [0, 0.05) is 11.1 Å². The maximum atomic E-state index is 13.0. The number of nitrogens with zero attached hydrogens (tertiary/aromatic N) is 2. The van der Waals surface area contributed by atoms with Gasteiger partial charge in [-0.3, -0.25) is 4.21 Å². The van der Waals surface area contributed by atoms with Gasteiger partial charge in [-0.1, -0.05) is 12.1 Å². The molecule has 1 heterocycles. The van der Waals surface area contributed by atoms with Crippen LogP contribution in [0.5, 0.6) is 0 Å². The van der Waals surface area contributed by atoms with Gasteiger partial charge >= 0.3 is 0 Å². The van der Waals surface area contributed by atoms with Crippen LogP contribution < -0.4 is 0 Å². The topological polar surface area (TPSA) is 34.9 Å². The van der Waals surface area contributed by atoms with Gasteiger partial charge in [0.2, 0.25) is 0 Å². The molecular weight excluding hydrogens is 311 g/mol. The van der Waals surface area contributed by atoms with Gasteiger partial charge in [0.1, 0.15) is 5.82 Å². The van der Waals surface area contributed by atoms with Crippen molar-refractivity contribution in [2.75, 3.05) is 0 Å². The summed E-state index contributed by atoms with van der Waals surface area (Å²) in [6.45, 7) is 3.95. The number of rotatable bonds is 4. The molecule has 0 spiro atoms. The van der Waals surface area contributed by atoms with Crippen LogP contribution in [0.2, 0.25) is 0 Å². The largest absolute Gasteiger partial charge is 0.254 e. The molecule has 2 aromatic carbocycles. The first kappa shape index (κ1) is 15.6. The Morgan fingerprint density at radius 2 is 1.83 bits per heavy atom. The summed E-state index contributed by atoms with van der Waals surface area (Å²) in [6.07, 6.45) is 1.79. The molecule has 118 valence electrons. The van der Waals surface area contributed by atoms with Gasteiger partial charge < -0.3 is 0 Å². The predicted octanol–water partition coefficient (Wildman–Crippen LogP) is 3.94. The highest BCUT2D eigenvalue weighted by Crippen LogP contribution is 2.18. The summed E-state index contributed by atoms with van der Waals surface area (Å²) in [5, 5.41) is 4.43. The van der Waals surface area contributed by atoms with E-state index in [1.54, 1.807) is 23.0 Å². The highest BCUT2D eigenvalue weighted by Gasteiger charge is 2.11. The molecule has 0 aliphatic carbocycles. The van der Waals surface area contributed by atoms with Crippen molar-refractivity contribution in [1.29, 1.82) is 0 Å². The average Bonchev–Trinajstić information content (AvgIpc) is 2.99. The molecule has 0 fully saturated rings. The molecule has 0 N–H and O–H groups in total. The fourth-order valence-corrected chi connectivity index (χ4v) is 3.66. The van der Waals surface area contributed by atoms with Crippen LogP contribution in [0.15, 0.2) is 59.6 Å². The SMILES string of the molecule is Cc1ccc(C)c(S(=O)Cc2ccn(-c3ccc(F)cc3)n2)c1. The smallest absolute Gasteiger partial charge is 0.123 e. The van der Waals surface area contributed by atoms with Crippen molar-refractivity contribution in [2.45, 2.75) is 24.5 Å². The van der Waals surface area contributed by atoms with E-state index in [-0.39, 0.29) is 5.82 Å². The normalized spacial score (nSPS) is 12.3. The number of benzene rings is 2. The predicted molar refractivity (Wildman–Crippen MR) is 89.6 cm³/mol. The first-order valence-corrected chi connectivity index (χ1v) is 8.61. The molecule has 1 unspecified atom stereocenters. The molecule has 3 nitrogen and oxygen atoms in total. The molecule has 1 atom stereocenters. The van der Waals surface area contributed by atoms with E-state index in [9.17, 15) is 8.60 Å². The third kappa shape index (κ3) is 3.56. The van der Waals surface area contributed by atoms with Gasteiger partial charge in [-0.15, -0.1) is 0 Å². The maximum absolute atomic E-state index is 13.0. The van der Waals surface area contributed by atoms with E-state index in [1.807, 2.05) is 38.1 Å². The van der Waals surface area contributed by atoms with Gasteiger partial charge in [-0.25, -0.2) is 9.07 Å². The Kier molecular flexibility index (Phi) is 4.39. The van der Waals surface area contributed by atoms with Crippen molar-refractivity contribution in [2.24, 2.45) is 0 Å². The summed E-state index contributed by atoms with van der Waals surface area (Å²) in [5.41, 5.74) is 3.63. The van der Waals surface area contributed by atoms with Crippen molar-refractivity contribution < 1.29 is 8.60 Å². The van der Waals surface area contributed by atoms with E-state index < -0.39 is 10.8 Å². The lowest BCUT2D eigenvalue weighted by atomic mass is 10.2. The van der Waals surface area contributed by atoms with E-state index in [2.05, 4.69) is 5.10 Å². The lowest BCUT2D eigenvalue weighted by molar-refractivity contribution is 0.627. The van der Waals surface area contributed by atoms with Crippen LogP contribution in [0.25, 0.3) is 5.69 Å². The lowest BCUT2D eigenvalue weighted by Crippen LogP contribution is -2.01. The molecule has 5 heteroatoms. The van der Waals surface area contributed by atoms with E-state index in [1.165, 1.54) is 12.1 Å². The molecule has 0 saturated heterocycles. The highest BCUT2D eigenvalue weighted by atomic mass is 32.2. The minimum atomic E-state index is -1.14. The zero-order valence-electron chi connectivity index (χ0n) is 13.0. The Morgan fingerprint density at radius 1 is 1.09 bits per heavy atom. The van der Waals surface area contributed by atoms with Gasteiger partial charge in [0.15, 0.2) is 0 Å². The second-order valence-corrected chi connectivity index (χ2v) is 6.91. The van der Waals surface area contributed by atoms with Crippen LogP contribution in [-0.2, 0) is 16.6 Å². The first-order valence-electron chi connectivity index (χ1n) is 7.29. The molecule has 0 bridgehead atoms. The fourth-order valence-electron chi connectivity index (χ4n) is 2.34. The average molecular weight is 328 g/mol. The molecule has 0 radical (unpaired) electrons. The number of hydrogen-bond donors (Lipinski definition) is 0. The third-order valence-corrected chi connectivity index (χ3v) is 5.09. The van der Waals surface area contributed by atoms with E-state index in [0.717, 1.165) is 27.4 Å². The quantitative estimate of drug-likeness (QED) is 0.727. The van der Waals surface area contributed by atoms with Crippen LogP contribution >= 0.6 is 0 Å². The molecular formula is C18H17FN2OS. The Balaban J connectivity index is 1.80. The van der Waals surface area contributed by atoms with Crippen LogP contribution in [0.3, 0.4) is 0 Å². The van der Waals surface area contributed by atoms with Crippen LogP contribution in [0.1, 0.15) is 16.8 Å². The standard InChI is InChI=1S/C18H17FN2OS/c1-13-3-4-14(2)18(11-13)23(22)12-16-9-10-21(20-16)17-7-5-15(19)6-8-17/h3-11H,12H2,1-2H3. The van der Waals surface area contributed by atoms with Gasteiger partial charge in [-0.2, -0.15) is 5.10 Å². The number of aryl methyl sites for hydroxylation is 2. The summed E-state index contributed by atoms with van der Waals surface area (Å²) in [4.78, 5) is 0.848. The van der Waals surface area contributed by atoms with Crippen molar-refractivity contribution in [1.82, 2.24) is 9.78 Å². The van der Waals surface area contributed by atoms with Gasteiger partial charge in [-0.05, 0) is 61.4 Å². The molecule has 1 aromatic heterocycles. The maximum Gasteiger partial charge on any atom is 0.123 e. The molecule has 0 saturated carbocycles. The third-order valence-electron chi connectivity index (χ3n) is 3.60. The molecule has 0 amide bonds. The molecule has 3 rings (SSSR count). The molecule has 0 aliphatic heterocycles. The summed E-state index contributed by atoms with van der Waals surface area (Å²) < 4.78 is 27.2. The number of aromatic nitrogens is 2. The van der Waals surface area contributed by atoms with Crippen LogP contribution in [0.4, 0.5) is 4.39 Å². The summed E-state index contributed by atoms with van der Waals surface area (Å²) in [7, 11) is -1.14. The minimum absolute atomic E-state index is 0.280. The van der Waals surface area contributed by atoms with Crippen molar-refractivity contribution in [3.8, 4) is 5.69 Å². The summed E-state index contributed by atoms with van der Waals surface area (Å²) in [5.74, 6) is 0.0792. The van der Waals surface area contributed by atoms with Crippen molar-refractivity contribution >= 4 is 10.8 Å². The molecule has 23 heavy (non-hydrogen) atoms. The van der Waals surface area contributed by atoms with Gasteiger partial charge in [0.25, 0.3) is 0 Å². The number of halogens is 1. The van der Waals surface area contributed by atoms with E-state index >= 15 is 0 Å². The second kappa shape index (κ2) is 6.46. The van der Waals surface area contributed by atoms with Crippen LogP contribution in [-0.4, -0.2) is 14.0 Å². The minimum Gasteiger partial charge on any atom is -0.254 e. The number of hydrogen-bond acceptors (Lipinski definition) is 2. The monoisotopic (exact) mass is 328 g/mol. The first-order chi connectivity index (χ1) is 11.0. The zero-order chi connectivity index (χ0) is 16.4. The van der Waals surface area contributed by atoms with Gasteiger partial charge in [0.05, 0.1) is 27.9 Å². The highest BCUT2D eigenvalue weighted by molar-refractivity contribution is 7.84. The van der Waals surface area contributed by atoms with E-state index in [0.29, 0.717) is 5.75 Å². The zero-order valence-corrected chi connectivity index (χ0v) is 13.8. The Hall–Kier alpha value is -2.27. The fraction of sp³-hybridized carbons (Fsp3) is 0.167. The molecule has 3 aromatic rings. The summed E-state index contributed by atoms with van der Waals surface area (Å²) >= 11 is 0. The summed E-state index contributed by atoms with van der Waals surface area (Å²) in [6, 6.07) is 13.9. The van der Waals surface area contributed by atoms with Crippen LogP contribution in [0, 0.1) is 19.7 Å². The second-order valence-electron chi connectivity index (χ2n) is 5.49. The Labute approximate surface area is 137 Å².